The summed E-state index contributed by atoms with van der Waals surface area (Å²) in [5.74, 6) is 0.223. The molecule has 100 valence electrons. The maximum absolute atomic E-state index is 13.3. The number of nitrogens with zero attached hydrogens (tertiary/aromatic N) is 3. The Kier molecular flexibility index (Phi) is 2.73. The highest BCUT2D eigenvalue weighted by molar-refractivity contribution is 5.88. The summed E-state index contributed by atoms with van der Waals surface area (Å²) < 4.78 is 18.4. The Labute approximate surface area is 108 Å². The van der Waals surface area contributed by atoms with Gasteiger partial charge >= 0.3 is 6.09 Å². The zero-order chi connectivity index (χ0) is 13.4. The van der Waals surface area contributed by atoms with Crippen LogP contribution in [0.2, 0.25) is 0 Å². The van der Waals surface area contributed by atoms with Gasteiger partial charge in [0.25, 0.3) is 0 Å². The van der Waals surface area contributed by atoms with Crippen LogP contribution < -0.4 is 4.90 Å². The van der Waals surface area contributed by atoms with E-state index >= 15 is 0 Å². The molecule has 0 aliphatic carbocycles. The van der Waals surface area contributed by atoms with Crippen LogP contribution in [0.15, 0.2) is 22.7 Å². The molecule has 0 bridgehead atoms. The molecule has 1 aromatic carbocycles. The molecule has 3 rings (SSSR count). The molecule has 2 heterocycles. The average molecular weight is 265 g/mol. The maximum Gasteiger partial charge on any atom is 0.407 e. The quantitative estimate of drug-likeness (QED) is 0.850. The number of carboxylic acid groups (broad SMARTS) is 1. The van der Waals surface area contributed by atoms with Crippen molar-refractivity contribution in [1.29, 1.82) is 0 Å². The number of halogens is 1. The van der Waals surface area contributed by atoms with Crippen LogP contribution in [0.3, 0.4) is 0 Å². The van der Waals surface area contributed by atoms with Crippen LogP contribution in [0.4, 0.5) is 15.0 Å². The molecule has 6 nitrogen and oxygen atoms in total. The maximum atomic E-state index is 13.3. The van der Waals surface area contributed by atoms with Gasteiger partial charge in [-0.3, -0.25) is 0 Å². The molecule has 1 aliphatic heterocycles. The third-order valence-electron chi connectivity index (χ3n) is 3.26. The molecule has 0 spiro atoms. The van der Waals surface area contributed by atoms with Crippen LogP contribution in [0.1, 0.15) is 0 Å². The van der Waals surface area contributed by atoms with E-state index < -0.39 is 6.09 Å². The van der Waals surface area contributed by atoms with E-state index in [4.69, 9.17) is 9.63 Å². The number of fused-ring (bicyclic) bond motifs is 1. The highest BCUT2D eigenvalue weighted by Crippen LogP contribution is 2.27. The number of amides is 1. The topological polar surface area (TPSA) is 69.8 Å². The fraction of sp³-hybridized carbons (Fsp3) is 0.333. The molecule has 1 N–H and O–H groups in total. The minimum absolute atomic E-state index is 0.346. The van der Waals surface area contributed by atoms with E-state index in [1.54, 1.807) is 0 Å². The Morgan fingerprint density at radius 1 is 1.32 bits per heavy atom. The summed E-state index contributed by atoms with van der Waals surface area (Å²) in [5.41, 5.74) is 0.525. The van der Waals surface area contributed by atoms with E-state index in [1.807, 2.05) is 4.90 Å². The van der Waals surface area contributed by atoms with Crippen LogP contribution in [0, 0.1) is 5.82 Å². The van der Waals surface area contributed by atoms with Gasteiger partial charge in [0, 0.05) is 26.2 Å². The van der Waals surface area contributed by atoms with Gasteiger partial charge in [-0.2, -0.15) is 0 Å². The molecular weight excluding hydrogens is 253 g/mol. The zero-order valence-corrected chi connectivity index (χ0v) is 10.0. The van der Waals surface area contributed by atoms with Crippen molar-refractivity contribution in [3.8, 4) is 0 Å². The minimum atomic E-state index is -0.921. The second-order valence-corrected chi connectivity index (χ2v) is 4.40. The Morgan fingerprint density at radius 2 is 2.05 bits per heavy atom. The van der Waals surface area contributed by atoms with Gasteiger partial charge in [-0.25, -0.2) is 9.18 Å². The molecule has 1 fully saturated rings. The highest BCUT2D eigenvalue weighted by Gasteiger charge is 2.24. The third kappa shape index (κ3) is 2.07. The Bertz CT molecular complexity index is 620. The summed E-state index contributed by atoms with van der Waals surface area (Å²) in [6.07, 6.45) is -0.921. The summed E-state index contributed by atoms with van der Waals surface area (Å²) >= 11 is 0. The Balaban J connectivity index is 1.85. The molecule has 0 atom stereocenters. The SMILES string of the molecule is O=C(O)N1CCN(c2noc3ccc(F)cc23)CC1. The van der Waals surface area contributed by atoms with Gasteiger partial charge in [-0.15, -0.1) is 0 Å². The lowest BCUT2D eigenvalue weighted by Crippen LogP contribution is -2.48. The van der Waals surface area contributed by atoms with Gasteiger partial charge in [0.05, 0.1) is 5.39 Å². The smallest absolute Gasteiger partial charge is 0.407 e. The molecule has 0 saturated carbocycles. The lowest BCUT2D eigenvalue weighted by molar-refractivity contribution is 0.142. The summed E-state index contributed by atoms with van der Waals surface area (Å²) in [7, 11) is 0. The van der Waals surface area contributed by atoms with Crippen LogP contribution in [0.5, 0.6) is 0 Å². The lowest BCUT2D eigenvalue weighted by Gasteiger charge is -2.32. The van der Waals surface area contributed by atoms with E-state index in [0.29, 0.717) is 43.0 Å². The van der Waals surface area contributed by atoms with Gasteiger partial charge in [-0.1, -0.05) is 5.16 Å². The predicted molar refractivity (Wildman–Crippen MR) is 65.8 cm³/mol. The second kappa shape index (κ2) is 4.42. The van der Waals surface area contributed by atoms with E-state index in [9.17, 15) is 9.18 Å². The Hall–Kier alpha value is -2.31. The summed E-state index contributed by atoms with van der Waals surface area (Å²) in [5, 5.41) is 13.4. The number of rotatable bonds is 1. The van der Waals surface area contributed by atoms with Crippen molar-refractivity contribution in [3.63, 3.8) is 0 Å². The predicted octanol–water partition coefficient (Wildman–Crippen LogP) is 1.77. The number of benzene rings is 1. The standard InChI is InChI=1S/C12H12FN3O3/c13-8-1-2-10-9(7-8)11(14-19-10)15-3-5-16(6-4-15)12(17)18/h1-2,7H,3-6H2,(H,17,18). The van der Waals surface area contributed by atoms with Gasteiger partial charge in [0.15, 0.2) is 11.4 Å². The lowest BCUT2D eigenvalue weighted by atomic mass is 10.2. The first-order chi connectivity index (χ1) is 9.15. The van der Waals surface area contributed by atoms with Crippen molar-refractivity contribution in [1.82, 2.24) is 10.1 Å². The number of anilines is 1. The summed E-state index contributed by atoms with van der Waals surface area (Å²) in [6.45, 7) is 1.84. The van der Waals surface area contributed by atoms with Crippen molar-refractivity contribution in [2.75, 3.05) is 31.1 Å². The molecule has 19 heavy (non-hydrogen) atoms. The second-order valence-electron chi connectivity index (χ2n) is 4.40. The molecule has 0 radical (unpaired) electrons. The van der Waals surface area contributed by atoms with Gasteiger partial charge < -0.3 is 19.4 Å². The number of carbonyl (C=O) groups is 1. The summed E-state index contributed by atoms with van der Waals surface area (Å²) in [4.78, 5) is 14.1. The van der Waals surface area contributed by atoms with E-state index in [0.717, 1.165) is 0 Å². The van der Waals surface area contributed by atoms with Gasteiger partial charge in [-0.05, 0) is 18.2 Å². The van der Waals surface area contributed by atoms with Crippen LogP contribution in [-0.4, -0.2) is 47.4 Å². The number of hydrogen-bond donors (Lipinski definition) is 1. The van der Waals surface area contributed by atoms with E-state index in [2.05, 4.69) is 5.16 Å². The first-order valence-electron chi connectivity index (χ1n) is 5.93. The molecule has 0 unspecified atom stereocenters. The van der Waals surface area contributed by atoms with Crippen molar-refractivity contribution in [3.05, 3.63) is 24.0 Å². The fourth-order valence-electron chi connectivity index (χ4n) is 2.24. The van der Waals surface area contributed by atoms with Crippen LogP contribution >= 0.6 is 0 Å². The number of hydrogen-bond acceptors (Lipinski definition) is 4. The molecule has 1 saturated heterocycles. The normalized spacial score (nSPS) is 16.1. The molecule has 7 heteroatoms. The minimum Gasteiger partial charge on any atom is -0.465 e. The molecular formula is C12H12FN3O3. The fourth-order valence-corrected chi connectivity index (χ4v) is 2.24. The number of aromatic nitrogens is 1. The van der Waals surface area contributed by atoms with Crippen molar-refractivity contribution >= 4 is 22.9 Å². The largest absolute Gasteiger partial charge is 0.465 e. The molecule has 1 aliphatic rings. The third-order valence-corrected chi connectivity index (χ3v) is 3.26. The molecule has 1 amide bonds. The van der Waals surface area contributed by atoms with Crippen LogP contribution in [-0.2, 0) is 0 Å². The van der Waals surface area contributed by atoms with Gasteiger partial charge in [0.2, 0.25) is 0 Å². The van der Waals surface area contributed by atoms with Crippen molar-refractivity contribution in [2.24, 2.45) is 0 Å². The van der Waals surface area contributed by atoms with E-state index in [-0.39, 0.29) is 5.82 Å². The monoisotopic (exact) mass is 265 g/mol. The highest BCUT2D eigenvalue weighted by atomic mass is 19.1. The van der Waals surface area contributed by atoms with Gasteiger partial charge in [0.1, 0.15) is 5.82 Å². The first kappa shape index (κ1) is 11.8. The van der Waals surface area contributed by atoms with Crippen LogP contribution in [0.25, 0.3) is 11.0 Å². The first-order valence-corrected chi connectivity index (χ1v) is 5.93. The number of piperazine rings is 1. The molecule has 2 aromatic rings. The summed E-state index contributed by atoms with van der Waals surface area (Å²) in [6, 6.07) is 4.24. The van der Waals surface area contributed by atoms with E-state index in [1.165, 1.54) is 23.1 Å². The van der Waals surface area contributed by atoms with Crippen molar-refractivity contribution in [2.45, 2.75) is 0 Å². The van der Waals surface area contributed by atoms with Crippen molar-refractivity contribution < 1.29 is 18.8 Å². The average Bonchev–Trinajstić information content (AvgIpc) is 2.81. The zero-order valence-electron chi connectivity index (χ0n) is 10.0. The Morgan fingerprint density at radius 3 is 2.74 bits per heavy atom. The molecule has 1 aromatic heterocycles.